The smallest absolute Gasteiger partial charge is 0.246 e. The first-order valence-electron chi connectivity index (χ1n) is 8.22. The number of carbonyl (C=O) groups excluding carboxylic acids is 2. The van der Waals surface area contributed by atoms with Crippen molar-refractivity contribution in [3.8, 4) is 0 Å². The monoisotopic (exact) mass is 296 g/mol. The summed E-state index contributed by atoms with van der Waals surface area (Å²) in [6.45, 7) is 14.4. The van der Waals surface area contributed by atoms with Crippen molar-refractivity contribution in [1.29, 1.82) is 0 Å². The molecule has 122 valence electrons. The third-order valence-corrected chi connectivity index (χ3v) is 4.17. The van der Waals surface area contributed by atoms with Gasteiger partial charge in [0.2, 0.25) is 11.8 Å². The van der Waals surface area contributed by atoms with Gasteiger partial charge >= 0.3 is 0 Å². The van der Waals surface area contributed by atoms with Gasteiger partial charge in [-0.3, -0.25) is 9.59 Å². The summed E-state index contributed by atoms with van der Waals surface area (Å²) in [5.41, 5.74) is -0.264. The predicted molar refractivity (Wildman–Crippen MR) is 85.8 cm³/mol. The van der Waals surface area contributed by atoms with Gasteiger partial charge in [0.05, 0.1) is 0 Å². The summed E-state index contributed by atoms with van der Waals surface area (Å²) in [4.78, 5) is 27.3. The predicted octanol–water partition coefficient (Wildman–Crippen LogP) is 2.96. The number of rotatable bonds is 5. The van der Waals surface area contributed by atoms with E-state index in [0.29, 0.717) is 5.92 Å². The summed E-state index contributed by atoms with van der Waals surface area (Å²) in [6.07, 6.45) is 2.67. The second-order valence-corrected chi connectivity index (χ2v) is 7.84. The maximum absolute atomic E-state index is 12.9. The van der Waals surface area contributed by atoms with Crippen LogP contribution < -0.4 is 5.32 Å². The second-order valence-electron chi connectivity index (χ2n) is 7.84. The molecular formula is C17H32N2O2. The van der Waals surface area contributed by atoms with Crippen LogP contribution in [-0.4, -0.2) is 34.8 Å². The van der Waals surface area contributed by atoms with Crippen LogP contribution >= 0.6 is 0 Å². The third kappa shape index (κ3) is 4.21. The molecule has 0 aromatic rings. The molecule has 0 aliphatic carbocycles. The minimum atomic E-state index is -0.423. The number of amides is 2. The highest BCUT2D eigenvalue weighted by Crippen LogP contribution is 2.29. The van der Waals surface area contributed by atoms with Crippen molar-refractivity contribution >= 4 is 11.8 Å². The first-order chi connectivity index (χ1) is 9.59. The summed E-state index contributed by atoms with van der Waals surface area (Å²) in [5.74, 6) is 0.468. The lowest BCUT2D eigenvalue weighted by Gasteiger charge is -2.46. The molecule has 1 aliphatic heterocycles. The van der Waals surface area contributed by atoms with E-state index in [1.165, 1.54) is 0 Å². The van der Waals surface area contributed by atoms with E-state index < -0.39 is 6.04 Å². The molecule has 0 spiro atoms. The molecule has 3 atom stereocenters. The number of nitrogens with one attached hydrogen (secondary N) is 1. The largest absolute Gasteiger partial charge is 0.342 e. The molecule has 0 radical (unpaired) electrons. The van der Waals surface area contributed by atoms with Gasteiger partial charge in [0.15, 0.2) is 0 Å². The normalized spacial score (nSPS) is 25.2. The summed E-state index contributed by atoms with van der Waals surface area (Å²) in [6, 6.07) is -0.632. The lowest BCUT2D eigenvalue weighted by molar-refractivity contribution is -0.155. The fourth-order valence-electron chi connectivity index (χ4n) is 3.06. The minimum absolute atomic E-state index is 0.00572. The molecule has 1 fully saturated rings. The van der Waals surface area contributed by atoms with Crippen molar-refractivity contribution in [3.63, 3.8) is 0 Å². The van der Waals surface area contributed by atoms with E-state index in [-0.39, 0.29) is 29.3 Å². The quantitative estimate of drug-likeness (QED) is 0.848. The first-order valence-corrected chi connectivity index (χ1v) is 8.22. The zero-order valence-corrected chi connectivity index (χ0v) is 14.7. The minimum Gasteiger partial charge on any atom is -0.342 e. The number of hydrogen-bond acceptors (Lipinski definition) is 2. The highest BCUT2D eigenvalue weighted by Gasteiger charge is 2.46. The van der Waals surface area contributed by atoms with Gasteiger partial charge in [0, 0.05) is 6.04 Å². The number of piperazine rings is 1. The van der Waals surface area contributed by atoms with Crippen LogP contribution in [0.1, 0.15) is 67.7 Å². The van der Waals surface area contributed by atoms with Gasteiger partial charge in [-0.15, -0.1) is 0 Å². The Morgan fingerprint density at radius 3 is 2.19 bits per heavy atom. The lowest BCUT2D eigenvalue weighted by Crippen LogP contribution is -2.68. The Labute approximate surface area is 129 Å². The van der Waals surface area contributed by atoms with E-state index in [0.717, 1.165) is 19.3 Å². The van der Waals surface area contributed by atoms with Crippen LogP contribution in [0.25, 0.3) is 0 Å². The highest BCUT2D eigenvalue weighted by molar-refractivity contribution is 5.97. The van der Waals surface area contributed by atoms with E-state index in [2.05, 4.69) is 33.0 Å². The van der Waals surface area contributed by atoms with Crippen molar-refractivity contribution in [3.05, 3.63) is 0 Å². The first kappa shape index (κ1) is 18.0. The molecule has 3 unspecified atom stereocenters. The summed E-state index contributed by atoms with van der Waals surface area (Å²) < 4.78 is 0. The molecule has 0 bridgehead atoms. The Balaban J connectivity index is 3.10. The molecule has 21 heavy (non-hydrogen) atoms. The summed E-state index contributed by atoms with van der Waals surface area (Å²) in [5, 5.41) is 2.96. The molecule has 1 aliphatic rings. The van der Waals surface area contributed by atoms with Gasteiger partial charge in [0.25, 0.3) is 0 Å². The number of hydrogen-bond donors (Lipinski definition) is 1. The van der Waals surface area contributed by atoms with E-state index in [4.69, 9.17) is 0 Å². The highest BCUT2D eigenvalue weighted by atomic mass is 16.2. The maximum Gasteiger partial charge on any atom is 0.246 e. The van der Waals surface area contributed by atoms with Crippen molar-refractivity contribution in [1.82, 2.24) is 10.2 Å². The Hall–Kier alpha value is -1.06. The Kier molecular flexibility index (Phi) is 5.83. The maximum atomic E-state index is 12.9. The van der Waals surface area contributed by atoms with Gasteiger partial charge in [-0.1, -0.05) is 48.0 Å². The lowest BCUT2D eigenvalue weighted by atomic mass is 9.82. The van der Waals surface area contributed by atoms with Gasteiger partial charge < -0.3 is 10.2 Å². The zero-order chi connectivity index (χ0) is 16.4. The molecule has 1 rings (SSSR count). The fraction of sp³-hybridized carbons (Fsp3) is 0.882. The van der Waals surface area contributed by atoms with E-state index >= 15 is 0 Å². The summed E-state index contributed by atoms with van der Waals surface area (Å²) in [7, 11) is 0. The second kappa shape index (κ2) is 6.80. The van der Waals surface area contributed by atoms with Crippen LogP contribution in [0.2, 0.25) is 0 Å². The van der Waals surface area contributed by atoms with Gasteiger partial charge in [-0.05, 0) is 31.1 Å². The third-order valence-electron chi connectivity index (χ3n) is 4.17. The van der Waals surface area contributed by atoms with Crippen LogP contribution in [0.3, 0.4) is 0 Å². The average molecular weight is 296 g/mol. The van der Waals surface area contributed by atoms with Gasteiger partial charge in [0.1, 0.15) is 12.1 Å². The van der Waals surface area contributed by atoms with E-state index in [9.17, 15) is 9.59 Å². The standard InChI is InChI=1S/C17H32N2O2/c1-8-9-12(4)19-13(10-11(2)3)15(20)18-14(16(19)21)17(5,6)7/h11-14H,8-10H2,1-7H3,(H,18,20). The molecule has 4 nitrogen and oxygen atoms in total. The number of carbonyl (C=O) groups is 2. The van der Waals surface area contributed by atoms with Crippen LogP contribution in [0.5, 0.6) is 0 Å². The fourth-order valence-corrected chi connectivity index (χ4v) is 3.06. The molecule has 0 aromatic heterocycles. The van der Waals surface area contributed by atoms with Crippen LogP contribution in [0.15, 0.2) is 0 Å². The van der Waals surface area contributed by atoms with Crippen LogP contribution in [-0.2, 0) is 9.59 Å². The molecule has 1 saturated heterocycles. The molecule has 1 N–H and O–H groups in total. The topological polar surface area (TPSA) is 49.4 Å². The molecule has 0 aromatic carbocycles. The number of nitrogens with zero attached hydrogens (tertiary/aromatic N) is 1. The summed E-state index contributed by atoms with van der Waals surface area (Å²) >= 11 is 0. The molecule has 0 saturated carbocycles. The average Bonchev–Trinajstić information content (AvgIpc) is 2.31. The molecule has 2 amide bonds. The molecule has 1 heterocycles. The Morgan fingerprint density at radius 2 is 1.76 bits per heavy atom. The van der Waals surface area contributed by atoms with Crippen molar-refractivity contribution in [2.24, 2.45) is 11.3 Å². The van der Waals surface area contributed by atoms with Crippen molar-refractivity contribution in [2.45, 2.75) is 85.9 Å². The van der Waals surface area contributed by atoms with Crippen LogP contribution in [0, 0.1) is 11.3 Å². The van der Waals surface area contributed by atoms with Gasteiger partial charge in [-0.2, -0.15) is 0 Å². The Morgan fingerprint density at radius 1 is 1.19 bits per heavy atom. The molecule has 4 heteroatoms. The van der Waals surface area contributed by atoms with E-state index in [1.54, 1.807) is 0 Å². The molecular weight excluding hydrogens is 264 g/mol. The van der Waals surface area contributed by atoms with Crippen molar-refractivity contribution < 1.29 is 9.59 Å². The van der Waals surface area contributed by atoms with E-state index in [1.807, 2.05) is 25.7 Å². The van der Waals surface area contributed by atoms with Gasteiger partial charge in [-0.25, -0.2) is 0 Å². The zero-order valence-electron chi connectivity index (χ0n) is 14.7. The van der Waals surface area contributed by atoms with Crippen LogP contribution in [0.4, 0.5) is 0 Å². The Bertz CT molecular complexity index is 385. The van der Waals surface area contributed by atoms with Crippen molar-refractivity contribution in [2.75, 3.05) is 0 Å². The SMILES string of the molecule is CCCC(C)N1C(=O)C(C(C)(C)C)NC(=O)C1CC(C)C.